The van der Waals surface area contributed by atoms with Crippen LogP contribution in [0.1, 0.15) is 59.8 Å². The van der Waals surface area contributed by atoms with Crippen molar-refractivity contribution < 1.29 is 14.7 Å². The van der Waals surface area contributed by atoms with E-state index in [1.165, 1.54) is 4.90 Å². The minimum Gasteiger partial charge on any atom is -0.481 e. The number of amides is 1. The molecule has 0 bridgehead atoms. The van der Waals surface area contributed by atoms with Gasteiger partial charge in [0.2, 0.25) is 0 Å². The molecule has 2 atom stereocenters. The van der Waals surface area contributed by atoms with Crippen LogP contribution in [0.3, 0.4) is 0 Å². The highest BCUT2D eigenvalue weighted by atomic mass is 35.5. The van der Waals surface area contributed by atoms with Crippen molar-refractivity contribution in [2.75, 3.05) is 16.4 Å². The third-order valence-electron chi connectivity index (χ3n) is 6.55. The number of carboxylic acid groups (broad SMARTS) is 1. The first-order valence-electron chi connectivity index (χ1n) is 11.5. The van der Waals surface area contributed by atoms with Crippen molar-refractivity contribution in [2.45, 2.75) is 47.9 Å². The molecule has 2 aliphatic heterocycles. The summed E-state index contributed by atoms with van der Waals surface area (Å²) in [6.07, 6.45) is 0. The zero-order valence-corrected chi connectivity index (χ0v) is 22.1. The smallest absolute Gasteiger partial charge is 0.313 e. The van der Waals surface area contributed by atoms with Gasteiger partial charge in [-0.05, 0) is 52.4 Å². The first-order chi connectivity index (χ1) is 16.7. The van der Waals surface area contributed by atoms with Crippen LogP contribution in [0.15, 0.2) is 70.5 Å². The fraction of sp³-hybridized carbons (Fsp3) is 0.286. The minimum absolute atomic E-state index is 0.162. The van der Waals surface area contributed by atoms with E-state index in [0.29, 0.717) is 21.8 Å². The van der Waals surface area contributed by atoms with E-state index in [9.17, 15) is 14.7 Å². The Balaban J connectivity index is 1.72. The van der Waals surface area contributed by atoms with Gasteiger partial charge in [-0.2, -0.15) is 0 Å². The van der Waals surface area contributed by atoms with Crippen molar-refractivity contribution in [3.63, 3.8) is 0 Å². The molecule has 0 aromatic heterocycles. The summed E-state index contributed by atoms with van der Waals surface area (Å²) in [5.41, 5.74) is 3.17. The van der Waals surface area contributed by atoms with Crippen LogP contribution in [0.5, 0.6) is 0 Å². The number of carboxylic acids is 1. The number of carbonyl (C=O) groups excluding carboxylic acids is 1. The summed E-state index contributed by atoms with van der Waals surface area (Å²) in [5.74, 6) is -0.0398. The number of rotatable bonds is 3. The van der Waals surface area contributed by atoms with E-state index >= 15 is 0 Å². The summed E-state index contributed by atoms with van der Waals surface area (Å²) in [6.45, 7) is 6.26. The summed E-state index contributed by atoms with van der Waals surface area (Å²) in [7, 11) is 0. The minimum atomic E-state index is -0.961. The lowest BCUT2D eigenvalue weighted by molar-refractivity contribution is -0.139. The second-order valence-corrected chi connectivity index (χ2v) is 12.5. The van der Waals surface area contributed by atoms with Gasteiger partial charge >= 0.3 is 5.97 Å². The summed E-state index contributed by atoms with van der Waals surface area (Å²) in [5, 5.41) is 11.0. The van der Waals surface area contributed by atoms with Crippen LogP contribution < -0.4 is 4.90 Å². The van der Waals surface area contributed by atoms with Crippen LogP contribution >= 0.6 is 35.1 Å². The number of anilines is 1. The Hall–Kier alpha value is -2.41. The maximum absolute atomic E-state index is 13.9. The van der Waals surface area contributed by atoms with E-state index < -0.39 is 17.9 Å². The van der Waals surface area contributed by atoms with Crippen LogP contribution in [-0.2, 0) is 10.2 Å². The van der Waals surface area contributed by atoms with Gasteiger partial charge in [-0.1, -0.05) is 62.7 Å². The second-order valence-electron chi connectivity index (χ2n) is 9.84. The predicted molar refractivity (Wildman–Crippen MR) is 144 cm³/mol. The highest BCUT2D eigenvalue weighted by Crippen LogP contribution is 2.48. The predicted octanol–water partition coefficient (Wildman–Crippen LogP) is 7.41. The van der Waals surface area contributed by atoms with Gasteiger partial charge in [-0.3, -0.25) is 14.5 Å². The molecular formula is C28H26ClNO3S2. The Bertz CT molecular complexity index is 1330. The molecule has 0 spiro atoms. The standard InChI is InChI=1S/C28H26ClNO3S2/c1-28(2,3)20-10-9-17(15-21(20)29)30-25(16-8-11-22-23(14-16)35-13-12-34-22)24(27(32)33)18-6-4-5-7-19(18)26(30)31/h4-11,14-15,24-25H,12-13H2,1-3H3,(H,32,33). The molecule has 1 N–H and O–H groups in total. The van der Waals surface area contributed by atoms with Crippen LogP contribution in [0, 0.1) is 0 Å². The fourth-order valence-corrected chi connectivity index (χ4v) is 7.65. The maximum Gasteiger partial charge on any atom is 0.313 e. The number of hydrogen-bond acceptors (Lipinski definition) is 4. The third-order valence-corrected chi connectivity index (χ3v) is 9.38. The Morgan fingerprint density at radius 1 is 1.00 bits per heavy atom. The molecular weight excluding hydrogens is 498 g/mol. The fourth-order valence-electron chi connectivity index (χ4n) is 4.93. The topological polar surface area (TPSA) is 57.6 Å². The normalized spacial score (nSPS) is 19.8. The maximum atomic E-state index is 13.9. The molecule has 2 unspecified atom stereocenters. The van der Waals surface area contributed by atoms with E-state index in [4.69, 9.17) is 11.6 Å². The number of aliphatic carboxylic acids is 1. The zero-order chi connectivity index (χ0) is 24.9. The third kappa shape index (κ3) is 4.37. The molecule has 35 heavy (non-hydrogen) atoms. The molecule has 0 radical (unpaired) electrons. The number of fused-ring (bicyclic) bond motifs is 2. The van der Waals surface area contributed by atoms with Gasteiger partial charge in [0.25, 0.3) is 5.91 Å². The van der Waals surface area contributed by atoms with Crippen LogP contribution in [-0.4, -0.2) is 28.5 Å². The lowest BCUT2D eigenvalue weighted by atomic mass is 9.79. The Kier molecular flexibility index (Phi) is 6.41. The van der Waals surface area contributed by atoms with E-state index in [2.05, 4.69) is 32.9 Å². The molecule has 0 saturated carbocycles. The molecule has 2 aliphatic rings. The summed E-state index contributed by atoms with van der Waals surface area (Å²) < 4.78 is 0. The number of nitrogens with zero attached hydrogens (tertiary/aromatic N) is 1. The molecule has 2 heterocycles. The van der Waals surface area contributed by atoms with Crippen molar-refractivity contribution in [2.24, 2.45) is 0 Å². The molecule has 0 fully saturated rings. The average Bonchev–Trinajstić information content (AvgIpc) is 2.82. The molecule has 5 rings (SSSR count). The molecule has 4 nitrogen and oxygen atoms in total. The van der Waals surface area contributed by atoms with E-state index in [1.54, 1.807) is 47.0 Å². The first kappa shape index (κ1) is 24.3. The van der Waals surface area contributed by atoms with E-state index in [1.807, 2.05) is 30.0 Å². The molecule has 7 heteroatoms. The number of hydrogen-bond donors (Lipinski definition) is 1. The van der Waals surface area contributed by atoms with Crippen LogP contribution in [0.4, 0.5) is 5.69 Å². The van der Waals surface area contributed by atoms with Gasteiger partial charge in [0, 0.05) is 37.6 Å². The zero-order valence-electron chi connectivity index (χ0n) is 19.7. The Labute approximate surface area is 219 Å². The molecule has 3 aromatic carbocycles. The number of benzene rings is 3. The number of carbonyl (C=O) groups is 2. The number of halogens is 1. The summed E-state index contributed by atoms with van der Waals surface area (Å²) >= 11 is 10.3. The summed E-state index contributed by atoms with van der Waals surface area (Å²) in [4.78, 5) is 30.6. The van der Waals surface area contributed by atoms with Crippen molar-refractivity contribution >= 4 is 52.7 Å². The van der Waals surface area contributed by atoms with E-state index in [-0.39, 0.29) is 11.3 Å². The molecule has 1 amide bonds. The van der Waals surface area contributed by atoms with Gasteiger partial charge < -0.3 is 5.11 Å². The average molecular weight is 524 g/mol. The first-order valence-corrected chi connectivity index (χ1v) is 13.9. The molecule has 0 saturated heterocycles. The van der Waals surface area contributed by atoms with E-state index in [0.717, 1.165) is 27.5 Å². The van der Waals surface area contributed by atoms with Gasteiger partial charge in [-0.25, -0.2) is 0 Å². The molecule has 180 valence electrons. The van der Waals surface area contributed by atoms with Crippen molar-refractivity contribution in [1.29, 1.82) is 0 Å². The van der Waals surface area contributed by atoms with Gasteiger partial charge in [0.05, 0.1) is 6.04 Å². The quantitative estimate of drug-likeness (QED) is 0.387. The van der Waals surface area contributed by atoms with Crippen LogP contribution in [0.2, 0.25) is 5.02 Å². The van der Waals surface area contributed by atoms with Gasteiger partial charge in [0.1, 0.15) is 5.92 Å². The molecule has 3 aromatic rings. The SMILES string of the molecule is CC(C)(C)c1ccc(N2C(=O)c3ccccc3C(C(=O)O)C2c2ccc3c(c2)SCCS3)cc1Cl. The van der Waals surface area contributed by atoms with Crippen molar-refractivity contribution in [3.8, 4) is 0 Å². The van der Waals surface area contributed by atoms with Gasteiger partial charge in [-0.15, -0.1) is 23.5 Å². The second kappa shape index (κ2) is 9.23. The Morgan fingerprint density at radius 2 is 1.71 bits per heavy atom. The van der Waals surface area contributed by atoms with Crippen LogP contribution in [0.25, 0.3) is 0 Å². The lowest BCUT2D eigenvalue weighted by Crippen LogP contribution is -2.45. The lowest BCUT2D eigenvalue weighted by Gasteiger charge is -2.41. The van der Waals surface area contributed by atoms with Gasteiger partial charge in [0.15, 0.2) is 0 Å². The molecule has 0 aliphatic carbocycles. The highest BCUT2D eigenvalue weighted by molar-refractivity contribution is 8.05. The summed E-state index contributed by atoms with van der Waals surface area (Å²) in [6, 6.07) is 18.0. The van der Waals surface area contributed by atoms with Crippen molar-refractivity contribution in [3.05, 3.63) is 87.9 Å². The monoisotopic (exact) mass is 523 g/mol. The Morgan fingerprint density at radius 3 is 2.40 bits per heavy atom. The largest absolute Gasteiger partial charge is 0.481 e. The van der Waals surface area contributed by atoms with Crippen molar-refractivity contribution in [1.82, 2.24) is 0 Å². The number of thioether (sulfide) groups is 2. The highest BCUT2D eigenvalue weighted by Gasteiger charge is 2.45.